The standard InChI is InChI=1S/C13H20N4O3S/c1-13(11(19)16(2)3)9-17(5-6-20-13)8-10(18)15-12-14-4-7-21-12/h4,7H,5-6,8-9H2,1-3H3,(H,14,15,18)/t13-/m1/s1. The maximum absolute atomic E-state index is 12.2. The number of rotatable bonds is 4. The average molecular weight is 312 g/mol. The Morgan fingerprint density at radius 3 is 2.95 bits per heavy atom. The molecule has 1 aromatic heterocycles. The van der Waals surface area contributed by atoms with E-state index < -0.39 is 5.60 Å². The van der Waals surface area contributed by atoms with E-state index in [1.807, 2.05) is 4.90 Å². The first-order valence-corrected chi connectivity index (χ1v) is 7.56. The van der Waals surface area contributed by atoms with Crippen molar-refractivity contribution in [3.05, 3.63) is 11.6 Å². The summed E-state index contributed by atoms with van der Waals surface area (Å²) in [6.07, 6.45) is 1.64. The first-order chi connectivity index (χ1) is 9.90. The number of amides is 2. The lowest BCUT2D eigenvalue weighted by molar-refractivity contribution is -0.165. The van der Waals surface area contributed by atoms with Crippen LogP contribution in [0.25, 0.3) is 0 Å². The van der Waals surface area contributed by atoms with Crippen molar-refractivity contribution in [2.75, 3.05) is 45.7 Å². The molecule has 0 aliphatic carbocycles. The summed E-state index contributed by atoms with van der Waals surface area (Å²) in [6.45, 7) is 3.44. The molecule has 0 spiro atoms. The topological polar surface area (TPSA) is 74.8 Å². The normalized spacial score (nSPS) is 22.8. The molecule has 1 N–H and O–H groups in total. The summed E-state index contributed by atoms with van der Waals surface area (Å²) >= 11 is 1.37. The maximum Gasteiger partial charge on any atom is 0.255 e. The van der Waals surface area contributed by atoms with Crippen molar-refractivity contribution in [3.63, 3.8) is 0 Å². The zero-order valence-corrected chi connectivity index (χ0v) is 13.3. The molecule has 2 amide bonds. The van der Waals surface area contributed by atoms with Crippen molar-refractivity contribution in [1.29, 1.82) is 0 Å². The van der Waals surface area contributed by atoms with Crippen molar-refractivity contribution >= 4 is 28.3 Å². The van der Waals surface area contributed by atoms with Crippen molar-refractivity contribution in [2.45, 2.75) is 12.5 Å². The van der Waals surface area contributed by atoms with Crippen LogP contribution in [0.3, 0.4) is 0 Å². The third kappa shape index (κ3) is 3.99. The number of thiazole rings is 1. The van der Waals surface area contributed by atoms with Gasteiger partial charge in [-0.2, -0.15) is 0 Å². The lowest BCUT2D eigenvalue weighted by Gasteiger charge is -2.40. The second-order valence-electron chi connectivity index (χ2n) is 5.37. The molecule has 0 aromatic carbocycles. The van der Waals surface area contributed by atoms with Gasteiger partial charge in [0, 0.05) is 38.8 Å². The minimum Gasteiger partial charge on any atom is -0.363 e. The van der Waals surface area contributed by atoms with Gasteiger partial charge in [0.15, 0.2) is 10.7 Å². The Balaban J connectivity index is 1.92. The Morgan fingerprint density at radius 1 is 1.57 bits per heavy atom. The van der Waals surface area contributed by atoms with Gasteiger partial charge in [-0.1, -0.05) is 0 Å². The maximum atomic E-state index is 12.2. The molecule has 0 unspecified atom stereocenters. The highest BCUT2D eigenvalue weighted by Crippen LogP contribution is 2.20. The fourth-order valence-corrected chi connectivity index (χ4v) is 2.88. The second kappa shape index (κ2) is 6.50. The number of carbonyl (C=O) groups is 2. The minimum atomic E-state index is -0.900. The van der Waals surface area contributed by atoms with Crippen LogP contribution in [0.15, 0.2) is 11.6 Å². The van der Waals surface area contributed by atoms with E-state index in [1.54, 1.807) is 32.6 Å². The Bertz CT molecular complexity index is 506. The summed E-state index contributed by atoms with van der Waals surface area (Å²) in [6, 6.07) is 0. The molecule has 2 heterocycles. The van der Waals surface area contributed by atoms with Gasteiger partial charge < -0.3 is 15.0 Å². The van der Waals surface area contributed by atoms with E-state index >= 15 is 0 Å². The highest BCUT2D eigenvalue weighted by molar-refractivity contribution is 7.13. The number of aromatic nitrogens is 1. The molecule has 0 saturated carbocycles. The minimum absolute atomic E-state index is 0.0902. The number of likely N-dealkylation sites (N-methyl/N-ethyl adjacent to an activating group) is 1. The van der Waals surface area contributed by atoms with E-state index in [9.17, 15) is 9.59 Å². The van der Waals surface area contributed by atoms with E-state index in [1.165, 1.54) is 16.2 Å². The zero-order valence-electron chi connectivity index (χ0n) is 12.5. The molecule has 1 saturated heterocycles. The average Bonchev–Trinajstić information content (AvgIpc) is 2.90. The fourth-order valence-electron chi connectivity index (χ4n) is 2.34. The van der Waals surface area contributed by atoms with Crippen LogP contribution in [-0.4, -0.2) is 72.5 Å². The number of nitrogens with zero attached hydrogens (tertiary/aromatic N) is 3. The highest BCUT2D eigenvalue weighted by atomic mass is 32.1. The monoisotopic (exact) mass is 312 g/mol. The van der Waals surface area contributed by atoms with Gasteiger partial charge in [0.25, 0.3) is 5.91 Å². The molecule has 1 fully saturated rings. The van der Waals surface area contributed by atoms with Crippen molar-refractivity contribution in [3.8, 4) is 0 Å². The number of nitrogens with one attached hydrogen (secondary N) is 1. The first-order valence-electron chi connectivity index (χ1n) is 6.68. The molecule has 1 aliphatic heterocycles. The molecule has 7 nitrogen and oxygen atoms in total. The van der Waals surface area contributed by atoms with Crippen molar-refractivity contribution in [2.24, 2.45) is 0 Å². The van der Waals surface area contributed by atoms with Gasteiger partial charge in [-0.05, 0) is 6.92 Å². The lowest BCUT2D eigenvalue weighted by atomic mass is 10.0. The number of anilines is 1. The van der Waals surface area contributed by atoms with Crippen LogP contribution in [0.2, 0.25) is 0 Å². The molecule has 8 heteroatoms. The van der Waals surface area contributed by atoms with E-state index in [2.05, 4.69) is 10.3 Å². The van der Waals surface area contributed by atoms with Gasteiger partial charge in [-0.15, -0.1) is 11.3 Å². The number of morpholine rings is 1. The molecule has 1 aromatic rings. The Labute approximate surface area is 127 Å². The largest absolute Gasteiger partial charge is 0.363 e. The third-order valence-corrected chi connectivity index (χ3v) is 3.95. The van der Waals surface area contributed by atoms with Gasteiger partial charge in [0.2, 0.25) is 5.91 Å². The van der Waals surface area contributed by atoms with Gasteiger partial charge in [0.1, 0.15) is 0 Å². The van der Waals surface area contributed by atoms with Gasteiger partial charge in [-0.3, -0.25) is 14.5 Å². The molecular weight excluding hydrogens is 292 g/mol. The zero-order chi connectivity index (χ0) is 15.5. The fraction of sp³-hybridized carbons (Fsp3) is 0.615. The summed E-state index contributed by atoms with van der Waals surface area (Å²) in [4.78, 5) is 31.6. The van der Waals surface area contributed by atoms with Crippen LogP contribution < -0.4 is 5.32 Å². The van der Waals surface area contributed by atoms with E-state index in [0.717, 1.165) is 0 Å². The third-order valence-electron chi connectivity index (χ3n) is 3.26. The van der Waals surface area contributed by atoms with Crippen LogP contribution in [0.4, 0.5) is 5.13 Å². The van der Waals surface area contributed by atoms with Crippen molar-refractivity contribution in [1.82, 2.24) is 14.8 Å². The molecule has 2 rings (SSSR count). The molecule has 21 heavy (non-hydrogen) atoms. The van der Waals surface area contributed by atoms with Gasteiger partial charge >= 0.3 is 0 Å². The molecule has 116 valence electrons. The first kappa shape index (κ1) is 15.9. The molecule has 1 atom stereocenters. The Hall–Kier alpha value is -1.51. The van der Waals surface area contributed by atoms with Crippen LogP contribution in [0, 0.1) is 0 Å². The number of hydrogen-bond donors (Lipinski definition) is 1. The van der Waals surface area contributed by atoms with Crippen molar-refractivity contribution < 1.29 is 14.3 Å². The lowest BCUT2D eigenvalue weighted by Crippen LogP contribution is -2.58. The molecular formula is C13H20N4O3S. The van der Waals surface area contributed by atoms with E-state index in [-0.39, 0.29) is 18.4 Å². The number of carbonyl (C=O) groups excluding carboxylic acids is 2. The summed E-state index contributed by atoms with van der Waals surface area (Å²) in [5, 5.41) is 5.13. The molecule has 0 bridgehead atoms. The van der Waals surface area contributed by atoms with Crippen LogP contribution in [0.1, 0.15) is 6.92 Å². The highest BCUT2D eigenvalue weighted by Gasteiger charge is 2.40. The van der Waals surface area contributed by atoms with Crippen LogP contribution in [0.5, 0.6) is 0 Å². The van der Waals surface area contributed by atoms with E-state index in [0.29, 0.717) is 24.8 Å². The SMILES string of the molecule is CN(C)C(=O)[C@@]1(C)CN(CC(=O)Nc2nccs2)CCO1. The Morgan fingerprint density at radius 2 is 2.33 bits per heavy atom. The molecule has 1 aliphatic rings. The van der Waals surface area contributed by atoms with Gasteiger partial charge in [0.05, 0.1) is 13.2 Å². The molecule has 0 radical (unpaired) electrons. The van der Waals surface area contributed by atoms with E-state index in [4.69, 9.17) is 4.74 Å². The predicted octanol–water partition coefficient (Wildman–Crippen LogP) is 0.261. The summed E-state index contributed by atoms with van der Waals surface area (Å²) in [5.41, 5.74) is -0.900. The summed E-state index contributed by atoms with van der Waals surface area (Å²) in [5.74, 6) is -0.223. The predicted molar refractivity (Wildman–Crippen MR) is 80.2 cm³/mol. The smallest absolute Gasteiger partial charge is 0.255 e. The second-order valence-corrected chi connectivity index (χ2v) is 6.27. The van der Waals surface area contributed by atoms with Crippen LogP contribution >= 0.6 is 11.3 Å². The van der Waals surface area contributed by atoms with Crippen LogP contribution in [-0.2, 0) is 14.3 Å². The summed E-state index contributed by atoms with van der Waals surface area (Å²) in [7, 11) is 3.40. The van der Waals surface area contributed by atoms with Gasteiger partial charge in [-0.25, -0.2) is 4.98 Å². The number of ether oxygens (including phenoxy) is 1. The Kier molecular flexibility index (Phi) is 4.92. The summed E-state index contributed by atoms with van der Waals surface area (Å²) < 4.78 is 5.63. The number of hydrogen-bond acceptors (Lipinski definition) is 6. The quantitative estimate of drug-likeness (QED) is 0.863.